The molecule has 0 fully saturated rings. The monoisotopic (exact) mass is 254 g/mol. The number of hydrogen-bond donors (Lipinski definition) is 1. The van der Waals surface area contributed by atoms with Crippen LogP contribution in [-0.4, -0.2) is 38.5 Å². The Hall–Kier alpha value is -1.17. The predicted molar refractivity (Wildman–Crippen MR) is 69.6 cm³/mol. The van der Waals surface area contributed by atoms with Gasteiger partial charge in [-0.2, -0.15) is 0 Å². The molecular weight excluding hydrogens is 232 g/mol. The molecule has 0 saturated heterocycles. The first-order valence-electron chi connectivity index (χ1n) is 6.15. The van der Waals surface area contributed by atoms with Crippen molar-refractivity contribution in [2.24, 2.45) is 5.73 Å². The number of pyridine rings is 1. The van der Waals surface area contributed by atoms with Gasteiger partial charge in [-0.05, 0) is 13.0 Å². The number of aromatic nitrogens is 1. The summed E-state index contributed by atoms with van der Waals surface area (Å²) in [4.78, 5) is 4.18. The number of hydrogen-bond acceptors (Lipinski definition) is 5. The second-order valence-corrected chi connectivity index (χ2v) is 3.99. The smallest absolute Gasteiger partial charge is 0.218 e. The molecule has 18 heavy (non-hydrogen) atoms. The highest BCUT2D eigenvalue weighted by molar-refractivity contribution is 5.27. The van der Waals surface area contributed by atoms with Crippen LogP contribution < -0.4 is 10.5 Å². The molecule has 1 rings (SSSR count). The maximum Gasteiger partial charge on any atom is 0.218 e. The summed E-state index contributed by atoms with van der Waals surface area (Å²) in [7, 11) is 1.66. The molecule has 1 heterocycles. The van der Waals surface area contributed by atoms with Crippen LogP contribution in [0.25, 0.3) is 0 Å². The van der Waals surface area contributed by atoms with Gasteiger partial charge in [-0.25, -0.2) is 4.98 Å². The van der Waals surface area contributed by atoms with Gasteiger partial charge in [-0.15, -0.1) is 0 Å². The van der Waals surface area contributed by atoms with Crippen molar-refractivity contribution in [3.05, 3.63) is 23.9 Å². The van der Waals surface area contributed by atoms with Crippen molar-refractivity contribution in [2.45, 2.75) is 19.4 Å². The number of nitrogens with zero attached hydrogens (tertiary/aromatic N) is 1. The molecule has 0 aromatic carbocycles. The van der Waals surface area contributed by atoms with Crippen molar-refractivity contribution in [2.75, 3.05) is 33.5 Å². The average molecular weight is 254 g/mol. The fraction of sp³-hybridized carbons (Fsp3) is 0.615. The molecule has 0 aliphatic carbocycles. The number of nitrogens with two attached hydrogens (primary N) is 1. The molecule has 5 nitrogen and oxygen atoms in total. The van der Waals surface area contributed by atoms with E-state index in [1.165, 1.54) is 0 Å². The van der Waals surface area contributed by atoms with Crippen LogP contribution in [0.15, 0.2) is 18.3 Å². The topological polar surface area (TPSA) is 66.6 Å². The van der Waals surface area contributed by atoms with Gasteiger partial charge in [-0.3, -0.25) is 0 Å². The number of rotatable bonds is 9. The van der Waals surface area contributed by atoms with E-state index in [4.69, 9.17) is 19.9 Å². The zero-order valence-electron chi connectivity index (χ0n) is 11.1. The van der Waals surface area contributed by atoms with Gasteiger partial charge in [-0.1, -0.05) is 6.07 Å². The molecule has 0 aliphatic rings. The predicted octanol–water partition coefficient (Wildman–Crippen LogP) is 1.53. The van der Waals surface area contributed by atoms with Crippen molar-refractivity contribution in [1.29, 1.82) is 0 Å². The Labute approximate surface area is 108 Å². The summed E-state index contributed by atoms with van der Waals surface area (Å²) >= 11 is 0. The van der Waals surface area contributed by atoms with Gasteiger partial charge in [0.25, 0.3) is 0 Å². The van der Waals surface area contributed by atoms with Crippen LogP contribution >= 0.6 is 0 Å². The van der Waals surface area contributed by atoms with E-state index in [9.17, 15) is 0 Å². The van der Waals surface area contributed by atoms with Crippen molar-refractivity contribution in [3.8, 4) is 5.88 Å². The van der Waals surface area contributed by atoms with Gasteiger partial charge in [0.05, 0.1) is 19.8 Å². The average Bonchev–Trinajstić information content (AvgIpc) is 2.38. The molecule has 5 heteroatoms. The standard InChI is InChI=1S/C13H22N2O3/c1-11(14)12-5-3-6-15-13(12)18-8-4-7-17-10-9-16-2/h3,5-6,11H,4,7-10,14H2,1-2H3/t11-/m1/s1. The highest BCUT2D eigenvalue weighted by atomic mass is 16.5. The number of ether oxygens (including phenoxy) is 3. The summed E-state index contributed by atoms with van der Waals surface area (Å²) in [6, 6.07) is 3.72. The lowest BCUT2D eigenvalue weighted by Gasteiger charge is -2.12. The maximum absolute atomic E-state index is 5.84. The Balaban J connectivity index is 2.23. The molecule has 1 aromatic heterocycles. The summed E-state index contributed by atoms with van der Waals surface area (Å²) in [6.07, 6.45) is 2.52. The van der Waals surface area contributed by atoms with E-state index in [1.54, 1.807) is 13.3 Å². The fourth-order valence-electron chi connectivity index (χ4n) is 1.44. The first kappa shape index (κ1) is 14.9. The Morgan fingerprint density at radius 2 is 2.11 bits per heavy atom. The van der Waals surface area contributed by atoms with Gasteiger partial charge >= 0.3 is 0 Å². The minimum absolute atomic E-state index is 0.0772. The largest absolute Gasteiger partial charge is 0.477 e. The van der Waals surface area contributed by atoms with Crippen LogP contribution in [0.2, 0.25) is 0 Å². The molecule has 1 aromatic rings. The van der Waals surface area contributed by atoms with Crippen molar-refractivity contribution in [3.63, 3.8) is 0 Å². The Kier molecular flexibility index (Phi) is 7.32. The van der Waals surface area contributed by atoms with Gasteiger partial charge in [0.1, 0.15) is 0 Å². The van der Waals surface area contributed by atoms with E-state index < -0.39 is 0 Å². The lowest BCUT2D eigenvalue weighted by Crippen LogP contribution is -2.11. The van der Waals surface area contributed by atoms with Crippen LogP contribution in [0.3, 0.4) is 0 Å². The Bertz CT molecular complexity index is 332. The van der Waals surface area contributed by atoms with Crippen molar-refractivity contribution >= 4 is 0 Å². The van der Waals surface area contributed by atoms with Crippen LogP contribution in [0, 0.1) is 0 Å². The zero-order valence-corrected chi connectivity index (χ0v) is 11.1. The van der Waals surface area contributed by atoms with Crippen molar-refractivity contribution in [1.82, 2.24) is 4.98 Å². The van der Waals surface area contributed by atoms with Gasteiger partial charge < -0.3 is 19.9 Å². The molecule has 0 aliphatic heterocycles. The van der Waals surface area contributed by atoms with Crippen LogP contribution in [-0.2, 0) is 9.47 Å². The Morgan fingerprint density at radius 3 is 2.83 bits per heavy atom. The molecule has 0 unspecified atom stereocenters. The quantitative estimate of drug-likeness (QED) is 0.677. The van der Waals surface area contributed by atoms with E-state index >= 15 is 0 Å². The van der Waals surface area contributed by atoms with Gasteiger partial charge in [0.15, 0.2) is 0 Å². The second-order valence-electron chi connectivity index (χ2n) is 3.99. The van der Waals surface area contributed by atoms with E-state index in [0.717, 1.165) is 12.0 Å². The van der Waals surface area contributed by atoms with E-state index in [0.29, 0.717) is 32.3 Å². The second kappa shape index (κ2) is 8.85. The normalized spacial score (nSPS) is 12.4. The van der Waals surface area contributed by atoms with Gasteiger partial charge in [0.2, 0.25) is 5.88 Å². The van der Waals surface area contributed by atoms with Crippen molar-refractivity contribution < 1.29 is 14.2 Å². The summed E-state index contributed by atoms with van der Waals surface area (Å²) in [5.74, 6) is 0.615. The number of methoxy groups -OCH3 is 1. The Morgan fingerprint density at radius 1 is 1.28 bits per heavy atom. The van der Waals surface area contributed by atoms with Crippen LogP contribution in [0.4, 0.5) is 0 Å². The summed E-state index contributed by atoms with van der Waals surface area (Å²) < 4.78 is 15.8. The molecule has 0 spiro atoms. The molecule has 0 amide bonds. The third kappa shape index (κ3) is 5.44. The molecule has 0 radical (unpaired) electrons. The van der Waals surface area contributed by atoms with E-state index in [-0.39, 0.29) is 6.04 Å². The fourth-order valence-corrected chi connectivity index (χ4v) is 1.44. The highest BCUT2D eigenvalue weighted by Gasteiger charge is 2.08. The lowest BCUT2D eigenvalue weighted by atomic mass is 10.1. The van der Waals surface area contributed by atoms with E-state index in [1.807, 2.05) is 19.1 Å². The SMILES string of the molecule is COCCOCCCOc1ncccc1[C@@H](C)N. The highest BCUT2D eigenvalue weighted by Crippen LogP contribution is 2.20. The van der Waals surface area contributed by atoms with Crippen LogP contribution in [0.5, 0.6) is 5.88 Å². The maximum atomic E-state index is 5.84. The lowest BCUT2D eigenvalue weighted by molar-refractivity contribution is 0.0641. The third-order valence-corrected chi connectivity index (χ3v) is 2.39. The summed E-state index contributed by atoms with van der Waals surface area (Å²) in [6.45, 7) is 4.38. The molecule has 102 valence electrons. The third-order valence-electron chi connectivity index (χ3n) is 2.39. The molecule has 1 atom stereocenters. The minimum atomic E-state index is -0.0772. The molecule has 0 bridgehead atoms. The zero-order chi connectivity index (χ0) is 13.2. The summed E-state index contributed by atoms with van der Waals surface area (Å²) in [5.41, 5.74) is 6.77. The molecular formula is C13H22N2O3. The first-order valence-corrected chi connectivity index (χ1v) is 6.15. The van der Waals surface area contributed by atoms with E-state index in [2.05, 4.69) is 4.98 Å². The van der Waals surface area contributed by atoms with Crippen LogP contribution in [0.1, 0.15) is 24.9 Å². The molecule has 2 N–H and O–H groups in total. The minimum Gasteiger partial charge on any atom is -0.477 e. The summed E-state index contributed by atoms with van der Waals surface area (Å²) in [5, 5.41) is 0. The molecule has 0 saturated carbocycles. The first-order chi connectivity index (χ1) is 8.75. The van der Waals surface area contributed by atoms with Gasteiger partial charge in [0, 0.05) is 37.9 Å².